The molecule has 0 bridgehead atoms. The van der Waals surface area contributed by atoms with E-state index in [4.69, 9.17) is 4.74 Å². The maximum atomic E-state index is 12.0. The predicted octanol–water partition coefficient (Wildman–Crippen LogP) is 2.26. The summed E-state index contributed by atoms with van der Waals surface area (Å²) in [5.74, 6) is 2.11. The second kappa shape index (κ2) is 8.74. The molecule has 1 aliphatic carbocycles. The van der Waals surface area contributed by atoms with Crippen molar-refractivity contribution in [3.8, 4) is 11.4 Å². The van der Waals surface area contributed by atoms with E-state index in [0.717, 1.165) is 24.2 Å². The number of amides is 1. The van der Waals surface area contributed by atoms with E-state index < -0.39 is 0 Å². The van der Waals surface area contributed by atoms with Crippen molar-refractivity contribution in [1.29, 1.82) is 0 Å². The Bertz CT molecular complexity index is 1550. The minimum atomic E-state index is 0.0157. The van der Waals surface area contributed by atoms with Gasteiger partial charge in [0.05, 0.1) is 12.8 Å². The zero-order valence-corrected chi connectivity index (χ0v) is 19.9. The molecule has 1 N–H and O–H groups in total. The summed E-state index contributed by atoms with van der Waals surface area (Å²) < 4.78 is 10.5. The number of pyridine rings is 1. The topological polar surface area (TPSA) is 129 Å². The summed E-state index contributed by atoms with van der Waals surface area (Å²) in [6, 6.07) is 7.54. The molecule has 5 aromatic heterocycles. The maximum absolute atomic E-state index is 12.0. The number of aromatic nitrogens is 9. The third-order valence-electron chi connectivity index (χ3n) is 5.70. The van der Waals surface area contributed by atoms with E-state index in [1.54, 1.807) is 22.5 Å². The molecule has 1 fully saturated rings. The van der Waals surface area contributed by atoms with Crippen LogP contribution in [0.15, 0.2) is 46.8 Å². The minimum absolute atomic E-state index is 0.0157. The summed E-state index contributed by atoms with van der Waals surface area (Å²) in [6.45, 7) is 0.583. The summed E-state index contributed by atoms with van der Waals surface area (Å²) >= 11 is 1.38. The molecule has 0 unspecified atom stereocenters. The Morgan fingerprint density at radius 1 is 1.11 bits per heavy atom. The minimum Gasteiger partial charge on any atom is -0.384 e. The van der Waals surface area contributed by atoms with Crippen molar-refractivity contribution in [2.24, 2.45) is 13.0 Å². The quantitative estimate of drug-likeness (QED) is 0.348. The number of rotatable bonds is 8. The van der Waals surface area contributed by atoms with Gasteiger partial charge in [-0.1, -0.05) is 0 Å². The Balaban J connectivity index is 1.26. The lowest BCUT2D eigenvalue weighted by Crippen LogP contribution is -2.13. The molecule has 178 valence electrons. The van der Waals surface area contributed by atoms with Gasteiger partial charge < -0.3 is 10.1 Å². The summed E-state index contributed by atoms with van der Waals surface area (Å²) in [6.07, 6.45) is 6.21. The van der Waals surface area contributed by atoms with E-state index in [9.17, 15) is 4.79 Å². The lowest BCUT2D eigenvalue weighted by atomic mass is 10.2. The van der Waals surface area contributed by atoms with Crippen molar-refractivity contribution >= 4 is 34.8 Å². The molecule has 12 nitrogen and oxygen atoms in total. The number of nitrogens with one attached hydrogen (secondary N) is 1. The van der Waals surface area contributed by atoms with Crippen LogP contribution >= 0.6 is 11.8 Å². The third-order valence-corrected chi connectivity index (χ3v) is 6.59. The van der Waals surface area contributed by atoms with Crippen molar-refractivity contribution in [3.05, 3.63) is 42.5 Å². The monoisotopic (exact) mass is 490 g/mol. The van der Waals surface area contributed by atoms with Crippen LogP contribution in [-0.2, 0) is 23.0 Å². The Morgan fingerprint density at radius 2 is 1.97 bits per heavy atom. The van der Waals surface area contributed by atoms with E-state index in [0.29, 0.717) is 46.1 Å². The van der Waals surface area contributed by atoms with Crippen molar-refractivity contribution < 1.29 is 9.53 Å². The van der Waals surface area contributed by atoms with Crippen LogP contribution in [0.1, 0.15) is 18.7 Å². The van der Waals surface area contributed by atoms with Crippen molar-refractivity contribution in [1.82, 2.24) is 44.0 Å². The average Bonchev–Trinajstić information content (AvgIpc) is 3.38. The predicted molar refractivity (Wildman–Crippen MR) is 127 cm³/mol. The zero-order chi connectivity index (χ0) is 23.9. The fraction of sp³-hybridized carbons (Fsp3) is 0.318. The van der Waals surface area contributed by atoms with Crippen molar-refractivity contribution in [2.45, 2.75) is 29.4 Å². The van der Waals surface area contributed by atoms with Gasteiger partial charge >= 0.3 is 0 Å². The summed E-state index contributed by atoms with van der Waals surface area (Å²) in [5.41, 5.74) is 2.22. The second-order valence-corrected chi connectivity index (χ2v) is 9.30. The molecular weight excluding hydrogens is 468 g/mol. The Kier molecular flexibility index (Phi) is 5.41. The van der Waals surface area contributed by atoms with Crippen LogP contribution in [0.3, 0.4) is 0 Å². The van der Waals surface area contributed by atoms with Gasteiger partial charge in [-0.3, -0.25) is 13.9 Å². The molecule has 5 heterocycles. The first-order valence-corrected chi connectivity index (χ1v) is 12.0. The third kappa shape index (κ3) is 4.35. The smallest absolute Gasteiger partial charge is 0.228 e. The number of hydrogen-bond acceptors (Lipinski definition) is 9. The maximum Gasteiger partial charge on any atom is 0.228 e. The molecular formula is C22H22N10O2S. The molecule has 1 saturated carbocycles. The van der Waals surface area contributed by atoms with Crippen molar-refractivity contribution in [2.75, 3.05) is 19.0 Å². The standard InChI is InChI=1S/C22H22N10O2S/c1-30-16(9-10-34-2)25-20(29-30)14-5-6-18-26-27-22(31(18)11-14)35-19-8-7-17-23-15(12-32(17)28-19)24-21(33)13-3-4-13/h5-8,11-13H,3-4,9-10H2,1-2H3,(H,24,33). The Hall–Kier alpha value is -3.84. The van der Waals surface area contributed by atoms with Gasteiger partial charge in [-0.25, -0.2) is 14.5 Å². The van der Waals surface area contributed by atoms with Gasteiger partial charge in [0.2, 0.25) is 11.1 Å². The molecule has 0 atom stereocenters. The fourth-order valence-corrected chi connectivity index (χ4v) is 4.45. The van der Waals surface area contributed by atoms with Gasteiger partial charge in [-0.05, 0) is 48.9 Å². The fourth-order valence-electron chi connectivity index (χ4n) is 3.67. The van der Waals surface area contributed by atoms with Gasteiger partial charge in [0.25, 0.3) is 0 Å². The number of carbonyl (C=O) groups excluding carboxylic acids is 1. The second-order valence-electron chi connectivity index (χ2n) is 8.31. The molecule has 0 radical (unpaired) electrons. The Morgan fingerprint density at radius 3 is 2.80 bits per heavy atom. The first-order chi connectivity index (χ1) is 17.1. The van der Waals surface area contributed by atoms with Gasteiger partial charge in [-0.15, -0.1) is 10.2 Å². The molecule has 0 aliphatic heterocycles. The van der Waals surface area contributed by atoms with E-state index in [1.807, 2.05) is 41.9 Å². The molecule has 0 saturated heterocycles. The summed E-state index contributed by atoms with van der Waals surface area (Å²) in [7, 11) is 3.54. The number of ether oxygens (including phenoxy) is 1. The van der Waals surface area contributed by atoms with Crippen molar-refractivity contribution in [3.63, 3.8) is 0 Å². The van der Waals surface area contributed by atoms with Crippen LogP contribution in [0.25, 0.3) is 22.7 Å². The normalized spacial score (nSPS) is 13.7. The zero-order valence-electron chi connectivity index (χ0n) is 19.1. The molecule has 1 amide bonds. The number of nitrogens with zero attached hydrogens (tertiary/aromatic N) is 9. The van der Waals surface area contributed by atoms with Crippen LogP contribution in [0.4, 0.5) is 5.82 Å². The molecule has 5 aromatic rings. The molecule has 6 rings (SSSR count). The van der Waals surface area contributed by atoms with Gasteiger partial charge in [-0.2, -0.15) is 10.2 Å². The van der Waals surface area contributed by atoms with Crippen LogP contribution < -0.4 is 5.32 Å². The van der Waals surface area contributed by atoms with Crippen LogP contribution in [0.5, 0.6) is 0 Å². The molecule has 13 heteroatoms. The number of imidazole rings is 1. The van der Waals surface area contributed by atoms with Crippen LogP contribution in [0, 0.1) is 5.92 Å². The number of fused-ring (bicyclic) bond motifs is 2. The number of anilines is 1. The highest BCUT2D eigenvalue weighted by atomic mass is 32.2. The molecule has 35 heavy (non-hydrogen) atoms. The molecule has 0 aromatic carbocycles. The first-order valence-electron chi connectivity index (χ1n) is 11.2. The highest BCUT2D eigenvalue weighted by molar-refractivity contribution is 7.99. The SMILES string of the molecule is COCCc1nc(-c2ccc3nnc(Sc4ccc5nc(NC(=O)C6CC6)cn5n4)n3c2)nn1C. The highest BCUT2D eigenvalue weighted by Crippen LogP contribution is 2.30. The summed E-state index contributed by atoms with van der Waals surface area (Å²) in [5, 5.41) is 22.0. The summed E-state index contributed by atoms with van der Waals surface area (Å²) in [4.78, 5) is 21.1. The Labute approximate surface area is 203 Å². The van der Waals surface area contributed by atoms with E-state index in [1.165, 1.54) is 11.8 Å². The molecule has 0 spiro atoms. The van der Waals surface area contributed by atoms with Crippen LogP contribution in [0.2, 0.25) is 0 Å². The first kappa shape index (κ1) is 21.7. The van der Waals surface area contributed by atoms with Gasteiger partial charge in [0, 0.05) is 38.3 Å². The van der Waals surface area contributed by atoms with Gasteiger partial charge in [0.1, 0.15) is 10.9 Å². The number of methoxy groups -OCH3 is 1. The lowest BCUT2D eigenvalue weighted by molar-refractivity contribution is -0.117. The lowest BCUT2D eigenvalue weighted by Gasteiger charge is -2.02. The van der Waals surface area contributed by atoms with Gasteiger partial charge in [0.15, 0.2) is 22.9 Å². The van der Waals surface area contributed by atoms with Crippen LogP contribution in [-0.4, -0.2) is 63.6 Å². The largest absolute Gasteiger partial charge is 0.384 e. The molecule has 1 aliphatic rings. The average molecular weight is 491 g/mol. The van der Waals surface area contributed by atoms with E-state index in [2.05, 4.69) is 35.7 Å². The number of aryl methyl sites for hydroxylation is 1. The number of carbonyl (C=O) groups is 1. The number of hydrogen-bond donors (Lipinski definition) is 1. The van der Waals surface area contributed by atoms with E-state index in [-0.39, 0.29) is 11.8 Å². The van der Waals surface area contributed by atoms with E-state index >= 15 is 0 Å². The highest BCUT2D eigenvalue weighted by Gasteiger charge is 2.30.